The van der Waals surface area contributed by atoms with Crippen molar-refractivity contribution in [3.63, 3.8) is 0 Å². The minimum absolute atomic E-state index is 0.114. The molecule has 1 aliphatic carbocycles. The highest BCUT2D eigenvalue weighted by Crippen LogP contribution is 2.47. The molecule has 1 aliphatic rings. The van der Waals surface area contributed by atoms with E-state index in [-0.39, 0.29) is 23.2 Å². The summed E-state index contributed by atoms with van der Waals surface area (Å²) in [6, 6.07) is 6.36. The van der Waals surface area contributed by atoms with Gasteiger partial charge in [-0.25, -0.2) is 9.18 Å². The van der Waals surface area contributed by atoms with Crippen molar-refractivity contribution in [3.8, 4) is 0 Å². The largest absolute Gasteiger partial charge is 0.393 e. The Hall–Kier alpha value is -1.62. The van der Waals surface area contributed by atoms with Gasteiger partial charge < -0.3 is 15.7 Å². The van der Waals surface area contributed by atoms with Gasteiger partial charge in [0.15, 0.2) is 0 Å². The number of nitrogens with one attached hydrogen (secondary N) is 2. The zero-order valence-corrected chi connectivity index (χ0v) is 13.2. The first-order chi connectivity index (χ1) is 10.4. The molecule has 1 unspecified atom stereocenters. The van der Waals surface area contributed by atoms with E-state index in [0.717, 1.165) is 18.4 Å². The number of rotatable bonds is 7. The highest BCUT2D eigenvalue weighted by molar-refractivity contribution is 5.74. The van der Waals surface area contributed by atoms with E-state index < -0.39 is 6.10 Å². The molecule has 1 aromatic rings. The van der Waals surface area contributed by atoms with Crippen LogP contribution >= 0.6 is 0 Å². The van der Waals surface area contributed by atoms with Crippen molar-refractivity contribution < 1.29 is 14.3 Å². The standard InChI is InChI=1S/C17H25FN2O2/c1-12(2)15(21)6-9-19-16(22)20-11-17(7-8-17)13-4-3-5-14(18)10-13/h3-5,10,12,15,21H,6-9,11H2,1-2H3,(H2,19,20,22). The molecule has 2 amide bonds. The first-order valence-corrected chi connectivity index (χ1v) is 7.89. The summed E-state index contributed by atoms with van der Waals surface area (Å²) in [5, 5.41) is 15.3. The van der Waals surface area contributed by atoms with Gasteiger partial charge in [0.2, 0.25) is 0 Å². The van der Waals surface area contributed by atoms with Crippen LogP contribution in [-0.2, 0) is 5.41 Å². The fourth-order valence-electron chi connectivity index (χ4n) is 2.52. The van der Waals surface area contributed by atoms with E-state index in [0.29, 0.717) is 19.5 Å². The van der Waals surface area contributed by atoms with Crippen molar-refractivity contribution in [1.82, 2.24) is 10.6 Å². The zero-order chi connectivity index (χ0) is 16.2. The molecular weight excluding hydrogens is 283 g/mol. The maximum atomic E-state index is 13.3. The average molecular weight is 308 g/mol. The molecule has 0 radical (unpaired) electrons. The van der Waals surface area contributed by atoms with E-state index in [9.17, 15) is 14.3 Å². The Bertz CT molecular complexity index is 515. The number of carbonyl (C=O) groups is 1. The van der Waals surface area contributed by atoms with Crippen LogP contribution in [0, 0.1) is 11.7 Å². The van der Waals surface area contributed by atoms with E-state index >= 15 is 0 Å². The molecule has 0 aliphatic heterocycles. The van der Waals surface area contributed by atoms with Gasteiger partial charge in [0, 0.05) is 18.5 Å². The van der Waals surface area contributed by atoms with Crippen LogP contribution in [-0.4, -0.2) is 30.3 Å². The van der Waals surface area contributed by atoms with Gasteiger partial charge in [0.1, 0.15) is 5.82 Å². The Balaban J connectivity index is 1.75. The number of aliphatic hydroxyl groups is 1. The van der Waals surface area contributed by atoms with Crippen LogP contribution in [0.1, 0.15) is 38.7 Å². The second kappa shape index (κ2) is 7.09. The third kappa shape index (κ3) is 4.44. The molecule has 0 aromatic heterocycles. The lowest BCUT2D eigenvalue weighted by Crippen LogP contribution is -2.41. The van der Waals surface area contributed by atoms with Crippen molar-refractivity contribution in [2.24, 2.45) is 5.92 Å². The summed E-state index contributed by atoms with van der Waals surface area (Å²) in [6.07, 6.45) is 2.06. The molecule has 1 atom stereocenters. The number of aliphatic hydroxyl groups excluding tert-OH is 1. The Morgan fingerprint density at radius 3 is 2.68 bits per heavy atom. The molecule has 5 heteroatoms. The van der Waals surface area contributed by atoms with Gasteiger partial charge in [0.05, 0.1) is 6.10 Å². The van der Waals surface area contributed by atoms with E-state index in [1.165, 1.54) is 6.07 Å². The Morgan fingerprint density at radius 1 is 1.36 bits per heavy atom. The molecule has 122 valence electrons. The predicted molar refractivity (Wildman–Crippen MR) is 84.2 cm³/mol. The van der Waals surface area contributed by atoms with Crippen LogP contribution in [0.25, 0.3) is 0 Å². The number of urea groups is 1. The summed E-state index contributed by atoms with van der Waals surface area (Å²) >= 11 is 0. The third-order valence-electron chi connectivity index (χ3n) is 4.37. The predicted octanol–water partition coefficient (Wildman–Crippen LogP) is 2.56. The third-order valence-corrected chi connectivity index (χ3v) is 4.37. The molecule has 0 spiro atoms. The summed E-state index contributed by atoms with van der Waals surface area (Å²) in [6.45, 7) is 4.84. The lowest BCUT2D eigenvalue weighted by molar-refractivity contribution is 0.116. The first-order valence-electron chi connectivity index (χ1n) is 7.89. The van der Waals surface area contributed by atoms with E-state index in [1.807, 2.05) is 19.9 Å². The molecule has 4 nitrogen and oxygen atoms in total. The highest BCUT2D eigenvalue weighted by Gasteiger charge is 2.44. The summed E-state index contributed by atoms with van der Waals surface area (Å²) in [5.41, 5.74) is 0.833. The highest BCUT2D eigenvalue weighted by atomic mass is 19.1. The van der Waals surface area contributed by atoms with Crippen LogP contribution in [0.2, 0.25) is 0 Å². The number of hydrogen-bond acceptors (Lipinski definition) is 2. The molecular formula is C17H25FN2O2. The monoisotopic (exact) mass is 308 g/mol. The quantitative estimate of drug-likeness (QED) is 0.725. The summed E-state index contributed by atoms with van der Waals surface area (Å²) in [5.74, 6) is -0.0523. The average Bonchev–Trinajstić information content (AvgIpc) is 3.26. The van der Waals surface area contributed by atoms with Crippen molar-refractivity contribution >= 4 is 6.03 Å². The van der Waals surface area contributed by atoms with Crippen LogP contribution in [0.4, 0.5) is 9.18 Å². The van der Waals surface area contributed by atoms with Gasteiger partial charge in [-0.05, 0) is 42.9 Å². The van der Waals surface area contributed by atoms with Crippen molar-refractivity contribution in [3.05, 3.63) is 35.6 Å². The number of hydrogen-bond donors (Lipinski definition) is 3. The molecule has 0 bridgehead atoms. The smallest absolute Gasteiger partial charge is 0.314 e. The van der Waals surface area contributed by atoms with Gasteiger partial charge in [-0.1, -0.05) is 26.0 Å². The zero-order valence-electron chi connectivity index (χ0n) is 13.2. The molecule has 0 heterocycles. The molecule has 1 fully saturated rings. The summed E-state index contributed by atoms with van der Waals surface area (Å²) in [4.78, 5) is 11.8. The van der Waals surface area contributed by atoms with Gasteiger partial charge in [-0.3, -0.25) is 0 Å². The molecule has 3 N–H and O–H groups in total. The molecule has 1 aromatic carbocycles. The van der Waals surface area contributed by atoms with Gasteiger partial charge in [0.25, 0.3) is 0 Å². The van der Waals surface area contributed by atoms with Crippen LogP contribution < -0.4 is 10.6 Å². The SMILES string of the molecule is CC(C)C(O)CCNC(=O)NCC1(c2cccc(F)c2)CC1. The lowest BCUT2D eigenvalue weighted by Gasteiger charge is -2.18. The number of halogens is 1. The Morgan fingerprint density at radius 2 is 2.09 bits per heavy atom. The molecule has 1 saturated carbocycles. The summed E-state index contributed by atoms with van der Waals surface area (Å²) in [7, 11) is 0. The van der Waals surface area contributed by atoms with E-state index in [4.69, 9.17) is 0 Å². The molecule has 22 heavy (non-hydrogen) atoms. The normalized spacial score (nSPS) is 17.1. The second-order valence-electron chi connectivity index (χ2n) is 6.50. The Labute approximate surface area is 131 Å². The maximum Gasteiger partial charge on any atom is 0.314 e. The van der Waals surface area contributed by atoms with E-state index in [2.05, 4.69) is 10.6 Å². The van der Waals surface area contributed by atoms with Gasteiger partial charge >= 0.3 is 6.03 Å². The van der Waals surface area contributed by atoms with Gasteiger partial charge in [-0.2, -0.15) is 0 Å². The first kappa shape index (κ1) is 16.7. The minimum atomic E-state index is -0.401. The fourth-order valence-corrected chi connectivity index (χ4v) is 2.52. The topological polar surface area (TPSA) is 61.4 Å². The van der Waals surface area contributed by atoms with Crippen LogP contribution in [0.3, 0.4) is 0 Å². The number of benzene rings is 1. The summed E-state index contributed by atoms with van der Waals surface area (Å²) < 4.78 is 13.3. The van der Waals surface area contributed by atoms with Crippen molar-refractivity contribution in [1.29, 1.82) is 0 Å². The molecule has 2 rings (SSSR count). The molecule has 0 saturated heterocycles. The lowest BCUT2D eigenvalue weighted by atomic mass is 9.96. The minimum Gasteiger partial charge on any atom is -0.393 e. The van der Waals surface area contributed by atoms with Crippen LogP contribution in [0.5, 0.6) is 0 Å². The van der Waals surface area contributed by atoms with Gasteiger partial charge in [-0.15, -0.1) is 0 Å². The number of amides is 2. The number of carbonyl (C=O) groups excluding carboxylic acids is 1. The van der Waals surface area contributed by atoms with Crippen molar-refractivity contribution in [2.45, 2.75) is 44.6 Å². The van der Waals surface area contributed by atoms with Crippen molar-refractivity contribution in [2.75, 3.05) is 13.1 Å². The second-order valence-corrected chi connectivity index (χ2v) is 6.50. The van der Waals surface area contributed by atoms with E-state index in [1.54, 1.807) is 12.1 Å². The van der Waals surface area contributed by atoms with Crippen LogP contribution in [0.15, 0.2) is 24.3 Å². The maximum absolute atomic E-state index is 13.3. The Kier molecular flexibility index (Phi) is 5.40. The fraction of sp³-hybridized carbons (Fsp3) is 0.588.